The molecule has 1 saturated heterocycles. The van der Waals surface area contributed by atoms with Gasteiger partial charge in [0.05, 0.1) is 11.9 Å². The second kappa shape index (κ2) is 13.5. The Morgan fingerprint density at radius 1 is 1.00 bits per heavy atom. The van der Waals surface area contributed by atoms with E-state index in [-0.39, 0.29) is 17.8 Å². The molecule has 3 N–H and O–H groups in total. The predicted molar refractivity (Wildman–Crippen MR) is 159 cm³/mol. The number of sulfonamides is 1. The summed E-state index contributed by atoms with van der Waals surface area (Å²) in [5.74, 6) is 1.43. The maximum Gasteiger partial charge on any atom is 0.322 e. The molecule has 1 aliphatic rings. The first-order chi connectivity index (χ1) is 19.2. The number of nitrogens with zero attached hydrogens (tertiary/aromatic N) is 2. The molecule has 0 aromatic heterocycles. The molecular formula is C30H38N4O5S. The normalized spacial score (nSPS) is 14.4. The molecule has 0 saturated carbocycles. The highest BCUT2D eigenvalue weighted by Gasteiger charge is 2.24. The number of carbonyl (C=O) groups excluding carboxylic acids is 1. The van der Waals surface area contributed by atoms with Gasteiger partial charge < -0.3 is 15.2 Å². The molecule has 40 heavy (non-hydrogen) atoms. The van der Waals surface area contributed by atoms with Crippen LogP contribution in [0.4, 0.5) is 16.2 Å². The van der Waals surface area contributed by atoms with Crippen LogP contribution in [0.25, 0.3) is 0 Å². The number of anilines is 2. The summed E-state index contributed by atoms with van der Waals surface area (Å²) < 4.78 is 31.0. The number of carbonyl (C=O) groups is 1. The fourth-order valence-electron chi connectivity index (χ4n) is 4.69. The Labute approximate surface area is 236 Å². The number of aromatic hydroxyl groups is 1. The first-order valence-corrected chi connectivity index (χ1v) is 15.5. The van der Waals surface area contributed by atoms with E-state index in [1.807, 2.05) is 30.3 Å². The van der Waals surface area contributed by atoms with Gasteiger partial charge in [0.2, 0.25) is 10.0 Å². The molecule has 4 rings (SSSR count). The summed E-state index contributed by atoms with van der Waals surface area (Å²) in [6.45, 7) is 5.21. The van der Waals surface area contributed by atoms with Gasteiger partial charge in [-0.15, -0.1) is 0 Å². The third-order valence-electron chi connectivity index (χ3n) is 6.79. The van der Waals surface area contributed by atoms with Crippen LogP contribution in [-0.4, -0.2) is 56.4 Å². The topological polar surface area (TPSA) is 111 Å². The number of benzene rings is 3. The van der Waals surface area contributed by atoms with Crippen LogP contribution >= 0.6 is 0 Å². The standard InChI is InChI=1S/C30H38N4O5S/c1-3-4-19-34(28-7-5-6-8-29(28)35)30(36)31-24-17-20-33(21-18-24)22-23-9-13-26(14-10-23)39-27-15-11-25(12-16-27)32-40(2,37)38/h5-16,24,32,35H,3-4,17-22H2,1-2H3,(H,31,36). The third-order valence-corrected chi connectivity index (χ3v) is 7.40. The summed E-state index contributed by atoms with van der Waals surface area (Å²) in [5.41, 5.74) is 2.20. The number of ether oxygens (including phenoxy) is 1. The molecule has 1 aliphatic heterocycles. The van der Waals surface area contributed by atoms with E-state index in [1.165, 1.54) is 5.56 Å². The van der Waals surface area contributed by atoms with Gasteiger partial charge in [-0.1, -0.05) is 37.6 Å². The molecule has 3 aromatic carbocycles. The molecule has 0 spiro atoms. The van der Waals surface area contributed by atoms with Crippen molar-refractivity contribution in [2.24, 2.45) is 0 Å². The SMILES string of the molecule is CCCCN(C(=O)NC1CCN(Cc2ccc(Oc3ccc(NS(C)(=O)=O)cc3)cc2)CC1)c1ccccc1O. The number of urea groups is 1. The van der Waals surface area contributed by atoms with Gasteiger partial charge in [-0.2, -0.15) is 0 Å². The second-order valence-corrected chi connectivity index (χ2v) is 11.9. The molecule has 0 atom stereocenters. The summed E-state index contributed by atoms with van der Waals surface area (Å²) in [7, 11) is -3.32. The van der Waals surface area contributed by atoms with Crippen molar-refractivity contribution in [3.05, 3.63) is 78.4 Å². The Balaban J connectivity index is 1.25. The zero-order chi connectivity index (χ0) is 28.5. The lowest BCUT2D eigenvalue weighted by molar-refractivity contribution is 0.188. The van der Waals surface area contributed by atoms with E-state index in [2.05, 4.69) is 21.9 Å². The minimum Gasteiger partial charge on any atom is -0.506 e. The number of likely N-dealkylation sites (tertiary alicyclic amines) is 1. The van der Waals surface area contributed by atoms with Crippen LogP contribution in [0, 0.1) is 0 Å². The molecule has 2 amide bonds. The van der Waals surface area contributed by atoms with E-state index in [9.17, 15) is 18.3 Å². The Bertz CT molecular complexity index is 1360. The number of hydrogen-bond donors (Lipinski definition) is 3. The van der Waals surface area contributed by atoms with Crippen molar-refractivity contribution >= 4 is 27.4 Å². The predicted octanol–water partition coefficient (Wildman–Crippen LogP) is 5.54. The number of phenols is 1. The Morgan fingerprint density at radius 3 is 2.23 bits per heavy atom. The Kier molecular flexibility index (Phi) is 9.89. The number of hydrogen-bond acceptors (Lipinski definition) is 6. The molecule has 9 nitrogen and oxygen atoms in total. The maximum absolute atomic E-state index is 13.1. The fraction of sp³-hybridized carbons (Fsp3) is 0.367. The molecule has 1 heterocycles. The third kappa shape index (κ3) is 8.62. The average Bonchev–Trinajstić information content (AvgIpc) is 2.92. The van der Waals surface area contributed by atoms with Crippen molar-refractivity contribution in [1.29, 1.82) is 0 Å². The number of nitrogens with one attached hydrogen (secondary N) is 2. The number of piperidine rings is 1. The van der Waals surface area contributed by atoms with Crippen LogP contribution in [0.2, 0.25) is 0 Å². The summed E-state index contributed by atoms with van der Waals surface area (Å²) in [6, 6.07) is 21.6. The van der Waals surface area contributed by atoms with E-state index >= 15 is 0 Å². The molecule has 0 aliphatic carbocycles. The summed E-state index contributed by atoms with van der Waals surface area (Å²) in [6.07, 6.45) is 4.65. The number of para-hydroxylation sites is 2. The zero-order valence-corrected chi connectivity index (χ0v) is 23.9. The van der Waals surface area contributed by atoms with Crippen molar-refractivity contribution in [2.75, 3.05) is 35.5 Å². The second-order valence-electron chi connectivity index (χ2n) is 10.1. The summed E-state index contributed by atoms with van der Waals surface area (Å²) in [5, 5.41) is 13.5. The fourth-order valence-corrected chi connectivity index (χ4v) is 5.25. The first-order valence-electron chi connectivity index (χ1n) is 13.6. The zero-order valence-electron chi connectivity index (χ0n) is 23.0. The Morgan fingerprint density at radius 2 is 1.62 bits per heavy atom. The van der Waals surface area contributed by atoms with E-state index in [4.69, 9.17) is 4.74 Å². The highest BCUT2D eigenvalue weighted by molar-refractivity contribution is 7.92. The quantitative estimate of drug-likeness (QED) is 0.281. The Hall–Kier alpha value is -3.76. The van der Waals surface area contributed by atoms with Crippen molar-refractivity contribution in [1.82, 2.24) is 10.2 Å². The van der Waals surface area contributed by atoms with Gasteiger partial charge in [-0.05, 0) is 73.4 Å². The van der Waals surface area contributed by atoms with Crippen molar-refractivity contribution < 1.29 is 23.1 Å². The monoisotopic (exact) mass is 566 g/mol. The van der Waals surface area contributed by atoms with E-state index in [0.717, 1.165) is 51.6 Å². The highest BCUT2D eigenvalue weighted by Crippen LogP contribution is 2.28. The molecular weight excluding hydrogens is 528 g/mol. The van der Waals surface area contributed by atoms with Gasteiger partial charge in [0.25, 0.3) is 0 Å². The minimum atomic E-state index is -3.32. The van der Waals surface area contributed by atoms with Gasteiger partial charge in [0.15, 0.2) is 0 Å². The average molecular weight is 567 g/mol. The molecule has 0 unspecified atom stereocenters. The van der Waals surface area contributed by atoms with Crippen molar-refractivity contribution in [3.63, 3.8) is 0 Å². The van der Waals surface area contributed by atoms with Gasteiger partial charge in [-0.3, -0.25) is 14.5 Å². The number of amides is 2. The van der Waals surface area contributed by atoms with Gasteiger partial charge in [-0.25, -0.2) is 13.2 Å². The van der Waals surface area contributed by atoms with Crippen molar-refractivity contribution in [2.45, 2.75) is 45.2 Å². The highest BCUT2D eigenvalue weighted by atomic mass is 32.2. The molecule has 10 heteroatoms. The largest absolute Gasteiger partial charge is 0.506 e. The van der Waals surface area contributed by atoms with Crippen LogP contribution in [-0.2, 0) is 16.6 Å². The van der Waals surface area contributed by atoms with Crippen LogP contribution in [0.15, 0.2) is 72.8 Å². The smallest absolute Gasteiger partial charge is 0.322 e. The van der Waals surface area contributed by atoms with E-state index in [1.54, 1.807) is 47.4 Å². The van der Waals surface area contributed by atoms with Gasteiger partial charge >= 0.3 is 6.03 Å². The van der Waals surface area contributed by atoms with Gasteiger partial charge in [0.1, 0.15) is 17.2 Å². The lowest BCUT2D eigenvalue weighted by atomic mass is 10.0. The van der Waals surface area contributed by atoms with Crippen molar-refractivity contribution in [3.8, 4) is 17.2 Å². The summed E-state index contributed by atoms with van der Waals surface area (Å²) in [4.78, 5) is 17.2. The number of rotatable bonds is 11. The minimum absolute atomic E-state index is 0.0912. The number of unbranched alkanes of at least 4 members (excludes halogenated alkanes) is 1. The lowest BCUT2D eigenvalue weighted by Crippen LogP contribution is -2.49. The maximum atomic E-state index is 13.1. The molecule has 1 fully saturated rings. The molecule has 0 bridgehead atoms. The summed E-state index contributed by atoms with van der Waals surface area (Å²) >= 11 is 0. The van der Waals surface area contributed by atoms with Crippen LogP contribution in [0.1, 0.15) is 38.2 Å². The van der Waals surface area contributed by atoms with Gasteiger partial charge in [0, 0.05) is 37.9 Å². The van der Waals surface area contributed by atoms with E-state index in [0.29, 0.717) is 29.4 Å². The number of phenolic OH excluding ortho intramolecular Hbond substituents is 1. The molecule has 214 valence electrons. The molecule has 0 radical (unpaired) electrons. The van der Waals surface area contributed by atoms with Crippen LogP contribution in [0.5, 0.6) is 17.2 Å². The first kappa shape index (κ1) is 29.2. The van der Waals surface area contributed by atoms with Crippen LogP contribution in [0.3, 0.4) is 0 Å². The lowest BCUT2D eigenvalue weighted by Gasteiger charge is -2.34. The molecule has 3 aromatic rings. The van der Waals surface area contributed by atoms with E-state index < -0.39 is 10.0 Å². The van der Waals surface area contributed by atoms with Crippen LogP contribution < -0.4 is 19.7 Å².